The number of hydrogen-bond acceptors (Lipinski definition) is 3. The predicted octanol–water partition coefficient (Wildman–Crippen LogP) is 2.54. The van der Waals surface area contributed by atoms with E-state index in [1.165, 1.54) is 10.8 Å². The molecule has 2 aromatic rings. The molecule has 0 saturated carbocycles. The van der Waals surface area contributed by atoms with Crippen LogP contribution in [0.4, 0.5) is 5.82 Å². The first-order valence-electron chi connectivity index (χ1n) is 6.06. The third-order valence-corrected chi connectivity index (χ3v) is 2.90. The summed E-state index contributed by atoms with van der Waals surface area (Å²) in [5.74, 6) is 1.03. The molecule has 0 aliphatic heterocycles. The molecule has 2 N–H and O–H groups in total. The smallest absolute Gasteiger partial charge is 0.136 e. The van der Waals surface area contributed by atoms with Gasteiger partial charge in [0, 0.05) is 25.5 Å². The number of aromatic nitrogens is 1. The summed E-state index contributed by atoms with van der Waals surface area (Å²) in [6.07, 6.45) is 1.11. The molecule has 0 aliphatic rings. The molecule has 0 saturated heterocycles. The number of pyridine rings is 1. The maximum absolute atomic E-state index is 5.70. The van der Waals surface area contributed by atoms with Crippen LogP contribution in [0.5, 0.6) is 0 Å². The lowest BCUT2D eigenvalue weighted by Gasteiger charge is -2.20. The fourth-order valence-corrected chi connectivity index (χ4v) is 2.07. The molecular weight excluding hydrogens is 210 g/mol. The van der Waals surface area contributed by atoms with Gasteiger partial charge in [-0.05, 0) is 17.9 Å². The molecule has 0 unspecified atom stereocenters. The van der Waals surface area contributed by atoms with Crippen molar-refractivity contribution in [3.63, 3.8) is 0 Å². The topological polar surface area (TPSA) is 42.2 Å². The lowest BCUT2D eigenvalue weighted by atomic mass is 10.1. The van der Waals surface area contributed by atoms with E-state index in [1.807, 2.05) is 6.07 Å². The van der Waals surface area contributed by atoms with E-state index < -0.39 is 0 Å². The molecule has 0 fully saturated rings. The van der Waals surface area contributed by atoms with E-state index >= 15 is 0 Å². The van der Waals surface area contributed by atoms with Gasteiger partial charge in [-0.2, -0.15) is 0 Å². The van der Waals surface area contributed by atoms with Crippen molar-refractivity contribution in [2.75, 3.05) is 18.5 Å². The van der Waals surface area contributed by atoms with Crippen LogP contribution in [-0.4, -0.2) is 18.6 Å². The summed E-state index contributed by atoms with van der Waals surface area (Å²) in [4.78, 5) is 6.83. The minimum absolute atomic E-state index is 0.484. The van der Waals surface area contributed by atoms with Crippen LogP contribution in [0.3, 0.4) is 0 Å². The van der Waals surface area contributed by atoms with Crippen molar-refractivity contribution >= 4 is 16.6 Å². The molecule has 90 valence electrons. The Bertz CT molecular complexity index is 508. The molecule has 0 atom stereocenters. The zero-order chi connectivity index (χ0) is 12.3. The highest BCUT2D eigenvalue weighted by molar-refractivity contribution is 5.92. The average molecular weight is 229 g/mol. The fraction of sp³-hybridized carbons (Fsp3) is 0.357. The second kappa shape index (κ2) is 5.15. The summed E-state index contributed by atoms with van der Waals surface area (Å²) >= 11 is 0. The van der Waals surface area contributed by atoms with Crippen LogP contribution < -0.4 is 10.6 Å². The number of nitrogens with zero attached hydrogens (tertiary/aromatic N) is 2. The number of anilines is 1. The molecule has 17 heavy (non-hydrogen) atoms. The van der Waals surface area contributed by atoms with Gasteiger partial charge in [0.15, 0.2) is 0 Å². The maximum Gasteiger partial charge on any atom is 0.136 e. The largest absolute Gasteiger partial charge is 0.359 e. The van der Waals surface area contributed by atoms with Gasteiger partial charge in [-0.3, -0.25) is 0 Å². The first-order valence-corrected chi connectivity index (χ1v) is 6.06. The van der Waals surface area contributed by atoms with E-state index in [0.717, 1.165) is 24.5 Å². The van der Waals surface area contributed by atoms with Crippen LogP contribution in [0.2, 0.25) is 0 Å². The first-order chi connectivity index (χ1) is 8.26. The maximum atomic E-state index is 5.70. The van der Waals surface area contributed by atoms with E-state index in [-0.39, 0.29) is 0 Å². The zero-order valence-electron chi connectivity index (χ0n) is 10.5. The third-order valence-electron chi connectivity index (χ3n) is 2.90. The highest BCUT2D eigenvalue weighted by Gasteiger charge is 2.08. The molecule has 2 rings (SSSR count). The first kappa shape index (κ1) is 11.9. The van der Waals surface area contributed by atoms with Crippen molar-refractivity contribution in [1.82, 2.24) is 4.98 Å². The summed E-state index contributed by atoms with van der Waals surface area (Å²) in [5, 5.41) is 2.40. The molecule has 0 aliphatic carbocycles. The van der Waals surface area contributed by atoms with Crippen LogP contribution in [-0.2, 0) is 6.54 Å². The quantitative estimate of drug-likeness (QED) is 0.876. The molecule has 1 heterocycles. The Morgan fingerprint density at radius 1 is 1.29 bits per heavy atom. The second-order valence-electron chi connectivity index (χ2n) is 4.28. The minimum atomic E-state index is 0.484. The van der Waals surface area contributed by atoms with Crippen LogP contribution in [0.1, 0.15) is 19.0 Å². The van der Waals surface area contributed by atoms with E-state index in [9.17, 15) is 0 Å². The Kier molecular flexibility index (Phi) is 3.59. The summed E-state index contributed by atoms with van der Waals surface area (Å²) in [7, 11) is 2.08. The second-order valence-corrected chi connectivity index (χ2v) is 4.28. The van der Waals surface area contributed by atoms with E-state index in [0.29, 0.717) is 6.54 Å². The fourth-order valence-electron chi connectivity index (χ4n) is 2.07. The van der Waals surface area contributed by atoms with E-state index in [1.54, 1.807) is 0 Å². The Labute approximate surface area is 102 Å². The standard InChI is InChI=1S/C14H19N3/c1-3-8-17(2)14-13-7-5-4-6-11(13)9-12(10-15)16-14/h4-7,9H,3,8,10,15H2,1-2H3. The van der Waals surface area contributed by atoms with Crippen molar-refractivity contribution in [2.24, 2.45) is 5.73 Å². The number of rotatable bonds is 4. The summed E-state index contributed by atoms with van der Waals surface area (Å²) in [6, 6.07) is 10.4. The predicted molar refractivity (Wildman–Crippen MR) is 73.2 cm³/mol. The molecule has 1 aromatic heterocycles. The number of nitrogens with two attached hydrogens (primary N) is 1. The zero-order valence-corrected chi connectivity index (χ0v) is 10.5. The van der Waals surface area contributed by atoms with Crippen LogP contribution in [0.15, 0.2) is 30.3 Å². The Hall–Kier alpha value is -1.61. The SMILES string of the molecule is CCCN(C)c1nc(CN)cc2ccccc12. The lowest BCUT2D eigenvalue weighted by Crippen LogP contribution is -2.20. The number of fused-ring (bicyclic) bond motifs is 1. The number of hydrogen-bond donors (Lipinski definition) is 1. The van der Waals surface area contributed by atoms with Gasteiger partial charge < -0.3 is 10.6 Å². The Balaban J connectivity index is 2.58. The van der Waals surface area contributed by atoms with Gasteiger partial charge in [0.1, 0.15) is 5.82 Å². The highest BCUT2D eigenvalue weighted by Crippen LogP contribution is 2.24. The van der Waals surface area contributed by atoms with Crippen molar-refractivity contribution in [3.8, 4) is 0 Å². The summed E-state index contributed by atoms with van der Waals surface area (Å²) in [6.45, 7) is 3.66. The van der Waals surface area contributed by atoms with Gasteiger partial charge >= 0.3 is 0 Å². The van der Waals surface area contributed by atoms with Gasteiger partial charge in [-0.15, -0.1) is 0 Å². The molecule has 0 radical (unpaired) electrons. The lowest BCUT2D eigenvalue weighted by molar-refractivity contribution is 0.834. The molecule has 0 amide bonds. The van der Waals surface area contributed by atoms with Crippen molar-refractivity contribution in [1.29, 1.82) is 0 Å². The van der Waals surface area contributed by atoms with Gasteiger partial charge in [0.2, 0.25) is 0 Å². The molecule has 1 aromatic carbocycles. The molecule has 3 heteroatoms. The van der Waals surface area contributed by atoms with Crippen molar-refractivity contribution in [2.45, 2.75) is 19.9 Å². The summed E-state index contributed by atoms with van der Waals surface area (Å²) in [5.41, 5.74) is 6.65. The van der Waals surface area contributed by atoms with Gasteiger partial charge in [0.25, 0.3) is 0 Å². The molecular formula is C14H19N3. The molecule has 0 bridgehead atoms. The molecule has 3 nitrogen and oxygen atoms in total. The molecule has 0 spiro atoms. The van der Waals surface area contributed by atoms with Gasteiger partial charge in [-0.1, -0.05) is 31.2 Å². The minimum Gasteiger partial charge on any atom is -0.359 e. The van der Waals surface area contributed by atoms with Gasteiger partial charge in [0.05, 0.1) is 5.69 Å². The van der Waals surface area contributed by atoms with E-state index in [2.05, 4.69) is 48.1 Å². The van der Waals surface area contributed by atoms with Crippen LogP contribution >= 0.6 is 0 Å². The number of benzene rings is 1. The Morgan fingerprint density at radius 3 is 2.76 bits per heavy atom. The summed E-state index contributed by atoms with van der Waals surface area (Å²) < 4.78 is 0. The van der Waals surface area contributed by atoms with Crippen LogP contribution in [0, 0.1) is 0 Å². The normalized spacial score (nSPS) is 10.8. The van der Waals surface area contributed by atoms with Crippen molar-refractivity contribution in [3.05, 3.63) is 36.0 Å². The average Bonchev–Trinajstić information content (AvgIpc) is 2.37. The third kappa shape index (κ3) is 2.39. The van der Waals surface area contributed by atoms with E-state index in [4.69, 9.17) is 5.73 Å². The van der Waals surface area contributed by atoms with Crippen LogP contribution in [0.25, 0.3) is 10.8 Å². The Morgan fingerprint density at radius 2 is 2.06 bits per heavy atom. The highest BCUT2D eigenvalue weighted by atomic mass is 15.2. The van der Waals surface area contributed by atoms with Gasteiger partial charge in [-0.25, -0.2) is 4.98 Å². The van der Waals surface area contributed by atoms with Crippen molar-refractivity contribution < 1.29 is 0 Å². The monoisotopic (exact) mass is 229 g/mol.